The maximum atomic E-state index is 10.0. The van der Waals surface area contributed by atoms with Gasteiger partial charge < -0.3 is 14.8 Å². The third kappa shape index (κ3) is 2.97. The first-order valence-corrected chi connectivity index (χ1v) is 6.06. The Kier molecular flexibility index (Phi) is 4.12. The van der Waals surface area contributed by atoms with E-state index in [1.54, 1.807) is 6.20 Å². The fourth-order valence-corrected chi connectivity index (χ4v) is 1.94. The summed E-state index contributed by atoms with van der Waals surface area (Å²) in [6.45, 7) is 0. The van der Waals surface area contributed by atoms with Crippen LogP contribution < -0.4 is 0 Å². The average Bonchev–Trinajstić information content (AvgIpc) is 2.81. The molecule has 96 valence electrons. The van der Waals surface area contributed by atoms with Crippen LogP contribution in [0.3, 0.4) is 0 Å². The van der Waals surface area contributed by atoms with Gasteiger partial charge in [0, 0.05) is 25.9 Å². The van der Waals surface area contributed by atoms with Crippen molar-refractivity contribution in [2.75, 3.05) is 0 Å². The summed E-state index contributed by atoms with van der Waals surface area (Å²) in [5, 5.41) is 20.0. The van der Waals surface area contributed by atoms with E-state index in [1.165, 1.54) is 0 Å². The molecule has 0 fully saturated rings. The first kappa shape index (κ1) is 12.8. The van der Waals surface area contributed by atoms with Gasteiger partial charge in [0.15, 0.2) is 0 Å². The van der Waals surface area contributed by atoms with E-state index in [9.17, 15) is 10.2 Å². The van der Waals surface area contributed by atoms with Crippen molar-refractivity contribution in [3.05, 3.63) is 54.1 Å². The number of nitrogens with zero attached hydrogens (tertiary/aromatic N) is 2. The van der Waals surface area contributed by atoms with Gasteiger partial charge in [-0.3, -0.25) is 0 Å². The monoisotopic (exact) mass is 246 g/mol. The number of aliphatic hydroxyl groups excluding tert-OH is 2. The molecule has 0 bridgehead atoms. The predicted octanol–water partition coefficient (Wildman–Crippen LogP) is 1.45. The molecule has 0 saturated heterocycles. The maximum Gasteiger partial charge on any atom is 0.108 e. The number of aliphatic hydroxyl groups is 2. The van der Waals surface area contributed by atoms with Crippen LogP contribution in [0.2, 0.25) is 0 Å². The van der Waals surface area contributed by atoms with Crippen LogP contribution in [0, 0.1) is 0 Å². The third-order valence-corrected chi connectivity index (χ3v) is 3.09. The molecule has 2 aromatic rings. The van der Waals surface area contributed by atoms with Gasteiger partial charge in [-0.2, -0.15) is 0 Å². The van der Waals surface area contributed by atoms with E-state index in [-0.39, 0.29) is 0 Å². The average molecular weight is 246 g/mol. The first-order chi connectivity index (χ1) is 8.68. The number of rotatable bonds is 5. The van der Waals surface area contributed by atoms with E-state index in [0.29, 0.717) is 12.8 Å². The summed E-state index contributed by atoms with van der Waals surface area (Å²) in [6.07, 6.45) is 3.12. The quantitative estimate of drug-likeness (QED) is 0.839. The number of imidazole rings is 1. The normalized spacial score (nSPS) is 14.4. The number of aromatic nitrogens is 2. The molecule has 0 aliphatic carbocycles. The highest BCUT2D eigenvalue weighted by Crippen LogP contribution is 2.19. The third-order valence-electron chi connectivity index (χ3n) is 3.09. The Morgan fingerprint density at radius 2 is 1.94 bits per heavy atom. The number of hydrogen-bond donors (Lipinski definition) is 2. The predicted molar refractivity (Wildman–Crippen MR) is 68.9 cm³/mol. The molecule has 2 atom stereocenters. The van der Waals surface area contributed by atoms with Gasteiger partial charge in [-0.25, -0.2) is 4.98 Å². The molecule has 0 amide bonds. The van der Waals surface area contributed by atoms with Crippen molar-refractivity contribution < 1.29 is 10.2 Å². The van der Waals surface area contributed by atoms with Crippen molar-refractivity contribution in [2.45, 2.75) is 25.0 Å². The lowest BCUT2D eigenvalue weighted by Gasteiger charge is -2.17. The van der Waals surface area contributed by atoms with Gasteiger partial charge in [0.2, 0.25) is 0 Å². The molecule has 2 unspecified atom stereocenters. The van der Waals surface area contributed by atoms with Crippen LogP contribution >= 0.6 is 0 Å². The molecule has 1 aromatic heterocycles. The summed E-state index contributed by atoms with van der Waals surface area (Å²) in [4.78, 5) is 4.19. The van der Waals surface area contributed by atoms with Crippen LogP contribution in [0.1, 0.15) is 23.9 Å². The van der Waals surface area contributed by atoms with Crippen molar-refractivity contribution in [1.82, 2.24) is 9.55 Å². The van der Waals surface area contributed by atoms with Crippen LogP contribution in [0.4, 0.5) is 0 Å². The van der Waals surface area contributed by atoms with Gasteiger partial charge >= 0.3 is 0 Å². The molecule has 0 spiro atoms. The van der Waals surface area contributed by atoms with Crippen molar-refractivity contribution in [2.24, 2.45) is 7.05 Å². The Hall–Kier alpha value is -1.65. The van der Waals surface area contributed by atoms with Gasteiger partial charge in [-0.1, -0.05) is 30.3 Å². The van der Waals surface area contributed by atoms with Crippen molar-refractivity contribution in [3.63, 3.8) is 0 Å². The summed E-state index contributed by atoms with van der Waals surface area (Å²) in [5.41, 5.74) is 0.741. The standard InChI is InChI=1S/C14H18N2O2/c1-16-10-9-15-13(16)8-7-12(17)14(18)11-5-3-2-4-6-11/h2-6,9-10,12,14,17-18H,7-8H2,1H3. The zero-order valence-electron chi connectivity index (χ0n) is 10.4. The molecule has 4 heteroatoms. The van der Waals surface area contributed by atoms with E-state index in [1.807, 2.05) is 48.1 Å². The molecule has 2 N–H and O–H groups in total. The Labute approximate surface area is 107 Å². The Morgan fingerprint density at radius 3 is 2.56 bits per heavy atom. The van der Waals surface area contributed by atoms with Gasteiger partial charge in [-0.05, 0) is 12.0 Å². The minimum Gasteiger partial charge on any atom is -0.390 e. The second-order valence-corrected chi connectivity index (χ2v) is 4.42. The zero-order valence-corrected chi connectivity index (χ0v) is 10.4. The molecule has 4 nitrogen and oxygen atoms in total. The summed E-state index contributed by atoms with van der Waals surface area (Å²) >= 11 is 0. The minimum absolute atomic E-state index is 0.487. The number of aryl methyl sites for hydroxylation is 2. The van der Waals surface area contributed by atoms with Crippen molar-refractivity contribution in [1.29, 1.82) is 0 Å². The summed E-state index contributed by atoms with van der Waals surface area (Å²) in [6, 6.07) is 9.22. The fourth-order valence-electron chi connectivity index (χ4n) is 1.94. The molecular formula is C14H18N2O2. The van der Waals surface area contributed by atoms with E-state index < -0.39 is 12.2 Å². The second kappa shape index (κ2) is 5.80. The lowest BCUT2D eigenvalue weighted by Crippen LogP contribution is -2.19. The highest BCUT2D eigenvalue weighted by molar-refractivity contribution is 5.18. The highest BCUT2D eigenvalue weighted by Gasteiger charge is 2.18. The molecule has 0 aliphatic rings. The van der Waals surface area contributed by atoms with E-state index in [4.69, 9.17) is 0 Å². The molecule has 0 aliphatic heterocycles. The molecule has 1 heterocycles. The van der Waals surface area contributed by atoms with Gasteiger partial charge in [0.25, 0.3) is 0 Å². The van der Waals surface area contributed by atoms with Gasteiger partial charge in [0.1, 0.15) is 11.9 Å². The highest BCUT2D eigenvalue weighted by atomic mass is 16.3. The van der Waals surface area contributed by atoms with Crippen molar-refractivity contribution >= 4 is 0 Å². The molecule has 1 aromatic carbocycles. The van der Waals surface area contributed by atoms with Crippen LogP contribution in [0.15, 0.2) is 42.7 Å². The molecule has 18 heavy (non-hydrogen) atoms. The smallest absolute Gasteiger partial charge is 0.108 e. The van der Waals surface area contributed by atoms with Crippen LogP contribution in [-0.4, -0.2) is 25.9 Å². The first-order valence-electron chi connectivity index (χ1n) is 6.06. The fraction of sp³-hybridized carbons (Fsp3) is 0.357. The molecule has 0 saturated carbocycles. The van der Waals surface area contributed by atoms with E-state index >= 15 is 0 Å². The van der Waals surface area contributed by atoms with Gasteiger partial charge in [0.05, 0.1) is 6.10 Å². The Balaban J connectivity index is 1.92. The maximum absolute atomic E-state index is 10.0. The second-order valence-electron chi connectivity index (χ2n) is 4.42. The topological polar surface area (TPSA) is 58.3 Å². The molecule has 0 radical (unpaired) electrons. The van der Waals surface area contributed by atoms with Gasteiger partial charge in [-0.15, -0.1) is 0 Å². The Bertz CT molecular complexity index is 482. The summed E-state index contributed by atoms with van der Waals surface area (Å²) in [5.74, 6) is 0.911. The van der Waals surface area contributed by atoms with E-state index in [2.05, 4.69) is 4.98 Å². The molecular weight excluding hydrogens is 228 g/mol. The van der Waals surface area contributed by atoms with Crippen LogP contribution in [0.5, 0.6) is 0 Å². The Morgan fingerprint density at radius 1 is 1.22 bits per heavy atom. The van der Waals surface area contributed by atoms with Crippen LogP contribution in [-0.2, 0) is 13.5 Å². The molecule has 2 rings (SSSR count). The van der Waals surface area contributed by atoms with Crippen LogP contribution in [0.25, 0.3) is 0 Å². The number of hydrogen-bond acceptors (Lipinski definition) is 3. The minimum atomic E-state index is -0.841. The van der Waals surface area contributed by atoms with Crippen molar-refractivity contribution in [3.8, 4) is 0 Å². The summed E-state index contributed by atoms with van der Waals surface area (Å²) < 4.78 is 1.92. The summed E-state index contributed by atoms with van der Waals surface area (Å²) in [7, 11) is 1.92. The lowest BCUT2D eigenvalue weighted by molar-refractivity contribution is 0.0133. The zero-order chi connectivity index (χ0) is 13.0. The lowest BCUT2D eigenvalue weighted by atomic mass is 10.0. The number of benzene rings is 1. The van der Waals surface area contributed by atoms with E-state index in [0.717, 1.165) is 11.4 Å². The SMILES string of the molecule is Cn1ccnc1CCC(O)C(O)c1ccccc1. The largest absolute Gasteiger partial charge is 0.390 e.